The van der Waals surface area contributed by atoms with Crippen molar-refractivity contribution in [2.75, 3.05) is 50.9 Å². The standard InChI is InChI=1S/C29H33ClN8O11S3/c1-28(2,25(44)45)49-36-18(14-11-50-27(31)33-14)22(42)34-19-23(43)38-12-29(26(46)47,52-24(19)38)51-10-5-32-21(41)17(35-37-6-8-48-9-7-37)13-3-4-15(39)20(40)16(13)30/h3-4,11,19,24,39-40H,5-10,12H2,1-2H3,(H2,31,33)(H,32,41)(H,34,42)(H,44,45)(H,46,47)/b35-17+,36-18-/t19?,24-,29-/m1/s1. The molecule has 1 aromatic heterocycles. The van der Waals surface area contributed by atoms with E-state index < -0.39 is 68.0 Å². The molecule has 3 aliphatic heterocycles. The number of aromatic hydroxyl groups is 2. The highest BCUT2D eigenvalue weighted by molar-refractivity contribution is 8.20. The van der Waals surface area contributed by atoms with Crippen molar-refractivity contribution in [3.63, 3.8) is 0 Å². The topological polar surface area (TPSA) is 279 Å². The molecule has 280 valence electrons. The molecular formula is C29H33ClN8O11S3. The maximum atomic E-state index is 13.4. The summed E-state index contributed by atoms with van der Waals surface area (Å²) in [7, 11) is 0. The maximum Gasteiger partial charge on any atom is 0.350 e. The number of fused-ring (bicyclic) bond motifs is 1. The molecule has 3 saturated heterocycles. The summed E-state index contributed by atoms with van der Waals surface area (Å²) in [6, 6.07) is 1.35. The molecule has 0 radical (unpaired) electrons. The number of nitrogens with zero attached hydrogens (tertiary/aromatic N) is 5. The van der Waals surface area contributed by atoms with E-state index in [1.54, 1.807) is 5.01 Å². The number of β-lactam (4-membered cyclic amide) rings is 1. The van der Waals surface area contributed by atoms with Crippen LogP contribution in [-0.4, -0.2) is 143 Å². The third-order valence-electron chi connectivity index (χ3n) is 7.82. The van der Waals surface area contributed by atoms with Gasteiger partial charge in [0.1, 0.15) is 17.1 Å². The highest BCUT2D eigenvalue weighted by Gasteiger charge is 2.62. The quantitative estimate of drug-likeness (QED) is 0.0440. The number of thiazole rings is 1. The SMILES string of the molecule is CC(C)(O/N=C(\C(=O)NC1C(=O)N2C[C@](SCCNC(=O)/C(=N/N3CCOCC3)c3ccc(O)c(O)c3Cl)(C(=O)O)S[C@H]12)c1csc(N)n1)C(=O)O. The number of benzene rings is 1. The third kappa shape index (κ3) is 8.09. The Balaban J connectivity index is 1.24. The number of nitrogen functional groups attached to an aromatic ring is 1. The highest BCUT2D eigenvalue weighted by Crippen LogP contribution is 2.52. The van der Waals surface area contributed by atoms with Gasteiger partial charge in [0.2, 0.25) is 11.5 Å². The largest absolute Gasteiger partial charge is 0.504 e. The van der Waals surface area contributed by atoms with Crippen molar-refractivity contribution in [1.29, 1.82) is 0 Å². The Hall–Kier alpha value is -4.51. The van der Waals surface area contributed by atoms with Crippen LogP contribution in [0.2, 0.25) is 5.02 Å². The van der Waals surface area contributed by atoms with Gasteiger partial charge in [-0.2, -0.15) is 5.10 Å². The first-order valence-corrected chi connectivity index (χ1v) is 18.4. The third-order valence-corrected chi connectivity index (χ3v) is 12.1. The number of oxime groups is 1. The summed E-state index contributed by atoms with van der Waals surface area (Å²) in [5.74, 6) is -5.78. The lowest BCUT2D eigenvalue weighted by molar-refractivity contribution is -0.161. The number of nitrogens with one attached hydrogen (secondary N) is 2. The lowest BCUT2D eigenvalue weighted by Gasteiger charge is -2.41. The summed E-state index contributed by atoms with van der Waals surface area (Å²) < 4.78 is 3.77. The molecule has 0 spiro atoms. The van der Waals surface area contributed by atoms with Gasteiger partial charge in [-0.25, -0.2) is 14.6 Å². The molecule has 0 aliphatic carbocycles. The molecule has 0 bridgehead atoms. The predicted molar refractivity (Wildman–Crippen MR) is 190 cm³/mol. The summed E-state index contributed by atoms with van der Waals surface area (Å²) >= 11 is 9.16. The number of ether oxygens (including phenoxy) is 1. The monoisotopic (exact) mass is 800 g/mol. The van der Waals surface area contributed by atoms with Crippen molar-refractivity contribution in [2.24, 2.45) is 10.3 Å². The van der Waals surface area contributed by atoms with Crippen LogP contribution >= 0.6 is 46.5 Å². The zero-order chi connectivity index (χ0) is 38.0. The molecule has 1 aromatic carbocycles. The number of carboxylic acids is 2. The average Bonchev–Trinajstić information content (AvgIpc) is 3.70. The van der Waals surface area contributed by atoms with E-state index in [0.29, 0.717) is 26.3 Å². The van der Waals surface area contributed by atoms with Crippen LogP contribution in [0.15, 0.2) is 27.8 Å². The van der Waals surface area contributed by atoms with Crippen LogP contribution in [0.5, 0.6) is 11.5 Å². The Kier molecular flexibility index (Phi) is 11.6. The molecule has 3 atom stereocenters. The van der Waals surface area contributed by atoms with Crippen LogP contribution < -0.4 is 16.4 Å². The van der Waals surface area contributed by atoms with E-state index in [2.05, 4.69) is 25.9 Å². The minimum absolute atomic E-state index is 0.0241. The van der Waals surface area contributed by atoms with Crippen molar-refractivity contribution >= 4 is 92.7 Å². The smallest absolute Gasteiger partial charge is 0.350 e. The van der Waals surface area contributed by atoms with E-state index in [-0.39, 0.29) is 46.0 Å². The molecule has 1 unspecified atom stereocenters. The van der Waals surface area contributed by atoms with Gasteiger partial charge < -0.3 is 51.3 Å². The van der Waals surface area contributed by atoms with Crippen LogP contribution in [0.1, 0.15) is 25.1 Å². The van der Waals surface area contributed by atoms with Crippen molar-refractivity contribution in [3.05, 3.63) is 33.8 Å². The Labute approximate surface area is 312 Å². The summed E-state index contributed by atoms with van der Waals surface area (Å²) in [5, 5.41) is 55.0. The number of hydrogen-bond donors (Lipinski definition) is 7. The molecule has 52 heavy (non-hydrogen) atoms. The second-order valence-electron chi connectivity index (χ2n) is 11.8. The first-order valence-electron chi connectivity index (χ1n) is 15.3. The normalized spacial score (nSPS) is 22.0. The molecule has 19 nitrogen and oxygen atoms in total. The van der Waals surface area contributed by atoms with Gasteiger partial charge in [0.05, 0.1) is 37.9 Å². The van der Waals surface area contributed by atoms with E-state index in [4.69, 9.17) is 26.9 Å². The van der Waals surface area contributed by atoms with Gasteiger partial charge in [-0.05, 0) is 26.0 Å². The number of hydrazone groups is 1. The number of carboxylic acid groups (broad SMARTS) is 2. The van der Waals surface area contributed by atoms with Gasteiger partial charge >= 0.3 is 11.9 Å². The van der Waals surface area contributed by atoms with E-state index in [1.807, 2.05) is 0 Å². The lowest BCUT2D eigenvalue weighted by Crippen LogP contribution is -2.68. The van der Waals surface area contributed by atoms with Crippen LogP contribution in [0.3, 0.4) is 0 Å². The van der Waals surface area contributed by atoms with Crippen LogP contribution in [0, 0.1) is 0 Å². The van der Waals surface area contributed by atoms with Crippen LogP contribution in [0.4, 0.5) is 5.13 Å². The van der Waals surface area contributed by atoms with E-state index in [0.717, 1.165) is 34.9 Å². The number of morpholine rings is 1. The maximum absolute atomic E-state index is 13.4. The minimum atomic E-state index is -1.81. The van der Waals surface area contributed by atoms with Crippen LogP contribution in [0.25, 0.3) is 0 Å². The van der Waals surface area contributed by atoms with Gasteiger partial charge in [0.15, 0.2) is 32.1 Å². The fraction of sp³-hybridized carbons (Fsp3) is 0.448. The fourth-order valence-corrected chi connectivity index (χ4v) is 8.73. The average molecular weight is 801 g/mol. The van der Waals surface area contributed by atoms with Crippen molar-refractivity contribution in [2.45, 2.75) is 34.9 Å². The molecule has 3 aliphatic rings. The molecule has 0 saturated carbocycles. The number of nitrogens with two attached hydrogens (primary N) is 1. The number of halogens is 1. The number of anilines is 1. The second-order valence-corrected chi connectivity index (χ2v) is 16.2. The zero-order valence-electron chi connectivity index (χ0n) is 27.4. The summed E-state index contributed by atoms with van der Waals surface area (Å²) in [4.78, 5) is 74.4. The molecule has 3 fully saturated rings. The first kappa shape index (κ1) is 38.7. The molecule has 5 rings (SSSR count). The molecule has 4 heterocycles. The summed E-state index contributed by atoms with van der Waals surface area (Å²) in [6.07, 6.45) is 0. The number of carbonyl (C=O) groups is 5. The molecule has 3 amide bonds. The van der Waals surface area contributed by atoms with Gasteiger partial charge in [-0.15, -0.1) is 34.9 Å². The van der Waals surface area contributed by atoms with Crippen LogP contribution in [-0.2, 0) is 33.5 Å². The Morgan fingerprint density at radius 3 is 2.54 bits per heavy atom. The number of phenolic OH excluding ortho intramolecular Hbond substituents is 2. The van der Waals surface area contributed by atoms with E-state index in [1.165, 1.54) is 36.3 Å². The Bertz CT molecular complexity index is 1840. The molecule has 2 aromatic rings. The number of hydrogen-bond acceptors (Lipinski definition) is 17. The molecule has 23 heteroatoms. The summed E-state index contributed by atoms with van der Waals surface area (Å²) in [5.41, 5.74) is 3.34. The Morgan fingerprint density at radius 1 is 1.19 bits per heavy atom. The van der Waals surface area contributed by atoms with E-state index >= 15 is 0 Å². The zero-order valence-corrected chi connectivity index (χ0v) is 30.6. The minimum Gasteiger partial charge on any atom is -0.504 e. The van der Waals surface area contributed by atoms with Gasteiger partial charge in [-0.1, -0.05) is 16.8 Å². The van der Waals surface area contributed by atoms with Crippen molar-refractivity contribution in [3.8, 4) is 11.5 Å². The predicted octanol–water partition coefficient (Wildman–Crippen LogP) is 0.141. The molecule has 8 N–H and O–H groups in total. The second kappa shape index (κ2) is 15.6. The van der Waals surface area contributed by atoms with Crippen molar-refractivity contribution in [1.82, 2.24) is 25.5 Å². The lowest BCUT2D eigenvalue weighted by atomic mass is 10.1. The van der Waals surface area contributed by atoms with Gasteiger partial charge in [-0.3, -0.25) is 19.4 Å². The number of amides is 3. The number of aliphatic carboxylic acids is 2. The van der Waals surface area contributed by atoms with Crippen molar-refractivity contribution < 1.29 is 54.0 Å². The Morgan fingerprint density at radius 2 is 1.90 bits per heavy atom. The highest BCUT2D eigenvalue weighted by atomic mass is 35.5. The number of aromatic nitrogens is 1. The van der Waals surface area contributed by atoms with Gasteiger partial charge in [0, 0.05) is 23.2 Å². The summed E-state index contributed by atoms with van der Waals surface area (Å²) in [6.45, 7) is 3.71. The number of rotatable bonds is 14. The number of carbonyl (C=O) groups excluding carboxylic acids is 3. The number of phenols is 2. The van der Waals surface area contributed by atoms with E-state index in [9.17, 15) is 44.4 Å². The fourth-order valence-electron chi connectivity index (χ4n) is 4.90. The number of thioether (sulfide) groups is 2. The first-order chi connectivity index (χ1) is 24.5. The molecular weight excluding hydrogens is 768 g/mol. The van der Waals surface area contributed by atoms with Gasteiger partial charge in [0.25, 0.3) is 11.8 Å².